The summed E-state index contributed by atoms with van der Waals surface area (Å²) in [5, 5.41) is 0. The molecule has 0 spiro atoms. The predicted octanol–water partition coefficient (Wildman–Crippen LogP) is 2.33. The van der Waals surface area contributed by atoms with E-state index >= 15 is 0 Å². The minimum atomic E-state index is 0.594. The lowest BCUT2D eigenvalue weighted by atomic mass is 10.0. The Bertz CT molecular complexity index is 558. The van der Waals surface area contributed by atoms with E-state index in [0.717, 1.165) is 13.1 Å². The summed E-state index contributed by atoms with van der Waals surface area (Å²) in [5.41, 5.74) is 2.37. The van der Waals surface area contributed by atoms with Gasteiger partial charge in [-0.3, -0.25) is 0 Å². The molecule has 0 unspecified atom stereocenters. The summed E-state index contributed by atoms with van der Waals surface area (Å²) < 4.78 is 31.8. The van der Waals surface area contributed by atoms with E-state index in [1.165, 1.54) is 11.1 Å². The Balaban J connectivity index is 1.56. The molecule has 0 N–H and O–H groups in total. The molecule has 0 amide bonds. The number of hydrogen-bond donors (Lipinski definition) is 0. The Labute approximate surface area is 192 Å². The van der Waals surface area contributed by atoms with Crippen LogP contribution in [-0.2, 0) is 28.4 Å². The van der Waals surface area contributed by atoms with Crippen molar-refractivity contribution in [3.63, 3.8) is 0 Å². The maximum Gasteiger partial charge on any atom is 0.0701 e. The lowest BCUT2D eigenvalue weighted by Gasteiger charge is -2.22. The summed E-state index contributed by atoms with van der Waals surface area (Å²) in [4.78, 5) is 4.24. The van der Waals surface area contributed by atoms with Crippen LogP contribution in [0.1, 0.15) is 0 Å². The highest BCUT2D eigenvalue weighted by molar-refractivity contribution is 5.48. The minimum Gasteiger partial charge on any atom is -0.382 e. The molecule has 8 heteroatoms. The SMILES string of the molecule is COCCOCCOCCN1C=CC(=C2C=CN(CCOCCOCCOC)C=C2)C=C1. The number of rotatable bonds is 18. The van der Waals surface area contributed by atoms with Crippen LogP contribution in [0.3, 0.4) is 0 Å². The summed E-state index contributed by atoms with van der Waals surface area (Å²) >= 11 is 0. The van der Waals surface area contributed by atoms with Crippen LogP contribution in [0.4, 0.5) is 0 Å². The summed E-state index contributed by atoms with van der Waals surface area (Å²) in [6.07, 6.45) is 16.8. The van der Waals surface area contributed by atoms with Crippen molar-refractivity contribution in [3.05, 3.63) is 60.3 Å². The molecule has 32 heavy (non-hydrogen) atoms. The first-order chi connectivity index (χ1) is 15.8. The van der Waals surface area contributed by atoms with Gasteiger partial charge in [-0.1, -0.05) is 0 Å². The summed E-state index contributed by atoms with van der Waals surface area (Å²) in [6.45, 7) is 7.76. The van der Waals surface area contributed by atoms with E-state index < -0.39 is 0 Å². The number of ether oxygens (including phenoxy) is 6. The fraction of sp³-hybridized carbons (Fsp3) is 0.583. The normalized spacial score (nSPS) is 15.4. The lowest BCUT2D eigenvalue weighted by Crippen LogP contribution is -2.20. The van der Waals surface area contributed by atoms with Gasteiger partial charge in [0.2, 0.25) is 0 Å². The topological polar surface area (TPSA) is 61.9 Å². The standard InChI is InChI=1S/C24H38N2O6/c1-27-15-17-31-21-19-29-13-11-25-7-3-23(4-8-25)24-5-9-26(10-6-24)12-14-30-20-22-32-18-16-28-2/h3-10H,11-22H2,1-2H3. The van der Waals surface area contributed by atoms with Gasteiger partial charge in [-0.2, -0.15) is 0 Å². The van der Waals surface area contributed by atoms with Gasteiger partial charge < -0.3 is 38.2 Å². The summed E-state index contributed by atoms with van der Waals surface area (Å²) in [5.74, 6) is 0. The Kier molecular flexibility index (Phi) is 14.5. The molecule has 0 aromatic carbocycles. The first-order valence-corrected chi connectivity index (χ1v) is 11.1. The minimum absolute atomic E-state index is 0.594. The van der Waals surface area contributed by atoms with Crippen LogP contribution in [0.25, 0.3) is 0 Å². The number of methoxy groups -OCH3 is 2. The molecular weight excluding hydrogens is 412 g/mol. The molecule has 0 saturated carbocycles. The fourth-order valence-electron chi connectivity index (χ4n) is 2.87. The van der Waals surface area contributed by atoms with Gasteiger partial charge >= 0.3 is 0 Å². The highest BCUT2D eigenvalue weighted by Gasteiger charge is 2.07. The van der Waals surface area contributed by atoms with Gasteiger partial charge in [-0.25, -0.2) is 0 Å². The van der Waals surface area contributed by atoms with Crippen LogP contribution in [0.2, 0.25) is 0 Å². The predicted molar refractivity (Wildman–Crippen MR) is 124 cm³/mol. The molecule has 0 aromatic heterocycles. The van der Waals surface area contributed by atoms with Gasteiger partial charge in [-0.05, 0) is 35.5 Å². The van der Waals surface area contributed by atoms with Crippen molar-refractivity contribution in [2.75, 3.05) is 93.4 Å². The largest absolute Gasteiger partial charge is 0.382 e. The second-order valence-corrected chi connectivity index (χ2v) is 7.08. The zero-order chi connectivity index (χ0) is 22.7. The third-order valence-electron chi connectivity index (χ3n) is 4.71. The van der Waals surface area contributed by atoms with Crippen LogP contribution in [0, 0.1) is 0 Å². The van der Waals surface area contributed by atoms with Gasteiger partial charge in [0.25, 0.3) is 0 Å². The molecule has 2 heterocycles. The first kappa shape index (κ1) is 26.3. The second kappa shape index (κ2) is 17.6. The van der Waals surface area contributed by atoms with Crippen molar-refractivity contribution in [2.45, 2.75) is 0 Å². The smallest absolute Gasteiger partial charge is 0.0701 e. The maximum atomic E-state index is 5.60. The molecule has 180 valence electrons. The van der Waals surface area contributed by atoms with Gasteiger partial charge in [0.05, 0.1) is 66.1 Å². The van der Waals surface area contributed by atoms with E-state index in [1.807, 2.05) is 0 Å². The molecular formula is C24H38N2O6. The first-order valence-electron chi connectivity index (χ1n) is 11.1. The van der Waals surface area contributed by atoms with E-state index in [4.69, 9.17) is 28.4 Å². The summed E-state index contributed by atoms with van der Waals surface area (Å²) in [6, 6.07) is 0. The zero-order valence-electron chi connectivity index (χ0n) is 19.4. The Morgan fingerprint density at radius 2 is 0.781 bits per heavy atom. The highest BCUT2D eigenvalue weighted by atomic mass is 16.5. The molecule has 0 fully saturated rings. The van der Waals surface area contributed by atoms with Crippen molar-refractivity contribution in [3.8, 4) is 0 Å². The van der Waals surface area contributed by atoms with E-state index in [-0.39, 0.29) is 0 Å². The quantitative estimate of drug-likeness (QED) is 0.295. The van der Waals surface area contributed by atoms with Crippen LogP contribution < -0.4 is 0 Å². The number of allylic oxidation sites excluding steroid dienone is 6. The van der Waals surface area contributed by atoms with Crippen LogP contribution in [0.15, 0.2) is 60.3 Å². The third-order valence-corrected chi connectivity index (χ3v) is 4.71. The Morgan fingerprint density at radius 3 is 1.12 bits per heavy atom. The van der Waals surface area contributed by atoms with Crippen molar-refractivity contribution in [2.24, 2.45) is 0 Å². The highest BCUT2D eigenvalue weighted by Crippen LogP contribution is 2.19. The van der Waals surface area contributed by atoms with Crippen molar-refractivity contribution in [1.82, 2.24) is 9.80 Å². The van der Waals surface area contributed by atoms with Crippen molar-refractivity contribution in [1.29, 1.82) is 0 Å². The average Bonchev–Trinajstić information content (AvgIpc) is 2.83. The molecule has 0 aliphatic carbocycles. The van der Waals surface area contributed by atoms with E-state index in [2.05, 4.69) is 58.9 Å². The molecule has 0 bridgehead atoms. The average molecular weight is 451 g/mol. The van der Waals surface area contributed by atoms with Gasteiger partial charge in [0.15, 0.2) is 0 Å². The lowest BCUT2D eigenvalue weighted by molar-refractivity contribution is 0.0232. The molecule has 2 aliphatic rings. The van der Waals surface area contributed by atoms with Crippen LogP contribution in [0.5, 0.6) is 0 Å². The maximum absolute atomic E-state index is 5.60. The molecule has 0 atom stereocenters. The fourth-order valence-corrected chi connectivity index (χ4v) is 2.87. The third kappa shape index (κ3) is 11.6. The van der Waals surface area contributed by atoms with Gasteiger partial charge in [0.1, 0.15) is 0 Å². The van der Waals surface area contributed by atoms with Crippen molar-refractivity contribution >= 4 is 0 Å². The Morgan fingerprint density at radius 1 is 0.469 bits per heavy atom. The van der Waals surface area contributed by atoms with E-state index in [9.17, 15) is 0 Å². The van der Waals surface area contributed by atoms with E-state index in [0.29, 0.717) is 66.1 Å². The monoisotopic (exact) mass is 450 g/mol. The molecule has 2 rings (SSSR count). The summed E-state index contributed by atoms with van der Waals surface area (Å²) in [7, 11) is 3.33. The second-order valence-electron chi connectivity index (χ2n) is 7.08. The number of hydrogen-bond acceptors (Lipinski definition) is 8. The number of nitrogens with zero attached hydrogens (tertiary/aromatic N) is 2. The molecule has 8 nitrogen and oxygen atoms in total. The van der Waals surface area contributed by atoms with Gasteiger partial charge in [0, 0.05) is 52.1 Å². The molecule has 2 aliphatic heterocycles. The molecule has 0 radical (unpaired) electrons. The van der Waals surface area contributed by atoms with E-state index in [1.54, 1.807) is 14.2 Å². The Hall–Kier alpha value is -1.94. The van der Waals surface area contributed by atoms with Gasteiger partial charge in [-0.15, -0.1) is 0 Å². The molecule has 0 saturated heterocycles. The zero-order valence-corrected chi connectivity index (χ0v) is 19.4. The van der Waals surface area contributed by atoms with Crippen LogP contribution >= 0.6 is 0 Å². The molecule has 0 aromatic rings. The van der Waals surface area contributed by atoms with Crippen LogP contribution in [-0.4, -0.2) is 103 Å². The van der Waals surface area contributed by atoms with Crippen molar-refractivity contribution < 1.29 is 28.4 Å².